The zero-order chi connectivity index (χ0) is 10.7. The summed E-state index contributed by atoms with van der Waals surface area (Å²) in [5.41, 5.74) is 5.68. The Labute approximate surface area is 103 Å². The summed E-state index contributed by atoms with van der Waals surface area (Å²) in [5, 5.41) is 3.34. The van der Waals surface area contributed by atoms with Crippen LogP contribution in [-0.4, -0.2) is 24.2 Å². The van der Waals surface area contributed by atoms with Gasteiger partial charge in [0.05, 0.1) is 12.6 Å². The van der Waals surface area contributed by atoms with Crippen molar-refractivity contribution >= 4 is 34.2 Å². The summed E-state index contributed by atoms with van der Waals surface area (Å²) in [6, 6.07) is 4.21. The molecule has 0 aromatic carbocycles. The van der Waals surface area contributed by atoms with Gasteiger partial charge in [0.1, 0.15) is 11.6 Å². The molecular formula is C10H14IN3O. The van der Waals surface area contributed by atoms with Gasteiger partial charge in [0.15, 0.2) is 0 Å². The zero-order valence-corrected chi connectivity index (χ0v) is 10.5. The van der Waals surface area contributed by atoms with Crippen molar-refractivity contribution < 1.29 is 4.74 Å². The van der Waals surface area contributed by atoms with Crippen LogP contribution in [0.4, 0.5) is 11.6 Å². The van der Waals surface area contributed by atoms with Crippen molar-refractivity contribution in [3.8, 4) is 0 Å². The summed E-state index contributed by atoms with van der Waals surface area (Å²) in [6.07, 6.45) is 2.24. The molecular weight excluding hydrogens is 305 g/mol. The minimum Gasteiger partial charge on any atom is -0.384 e. The van der Waals surface area contributed by atoms with E-state index in [2.05, 4.69) is 32.9 Å². The van der Waals surface area contributed by atoms with Crippen LogP contribution in [0, 0.1) is 3.57 Å². The Kier molecular flexibility index (Phi) is 3.63. The number of rotatable bonds is 2. The summed E-state index contributed by atoms with van der Waals surface area (Å²) >= 11 is 2.23. The van der Waals surface area contributed by atoms with Gasteiger partial charge in [0.25, 0.3) is 0 Å². The zero-order valence-electron chi connectivity index (χ0n) is 8.37. The van der Waals surface area contributed by atoms with Gasteiger partial charge in [-0.05, 0) is 47.6 Å². The van der Waals surface area contributed by atoms with E-state index in [1.807, 2.05) is 12.1 Å². The van der Waals surface area contributed by atoms with E-state index in [4.69, 9.17) is 10.5 Å². The molecule has 1 saturated heterocycles. The van der Waals surface area contributed by atoms with Crippen LogP contribution in [0.15, 0.2) is 12.1 Å². The molecule has 1 aromatic heterocycles. The molecule has 1 aliphatic rings. The fourth-order valence-corrected chi connectivity index (χ4v) is 2.27. The third-order valence-electron chi connectivity index (χ3n) is 2.32. The van der Waals surface area contributed by atoms with Gasteiger partial charge in [-0.25, -0.2) is 4.98 Å². The molecule has 2 rings (SSSR count). The Morgan fingerprint density at radius 1 is 1.53 bits per heavy atom. The molecule has 1 atom stereocenters. The average Bonchev–Trinajstić information content (AvgIpc) is 2.17. The molecule has 1 unspecified atom stereocenters. The lowest BCUT2D eigenvalue weighted by Gasteiger charge is -2.23. The van der Waals surface area contributed by atoms with Gasteiger partial charge in [-0.2, -0.15) is 0 Å². The standard InChI is InChI=1S/C10H14IN3O/c11-7-4-9(12)14-10(5-7)13-8-2-1-3-15-6-8/h4-5,8H,1-3,6H2,(H3,12,13,14). The first-order chi connectivity index (χ1) is 7.24. The molecule has 0 radical (unpaired) electrons. The smallest absolute Gasteiger partial charge is 0.129 e. The number of hydrogen-bond donors (Lipinski definition) is 2. The molecule has 1 fully saturated rings. The summed E-state index contributed by atoms with van der Waals surface area (Å²) in [7, 11) is 0. The summed E-state index contributed by atoms with van der Waals surface area (Å²) in [4.78, 5) is 4.23. The van der Waals surface area contributed by atoms with Crippen molar-refractivity contribution in [2.24, 2.45) is 0 Å². The van der Waals surface area contributed by atoms with Crippen LogP contribution >= 0.6 is 22.6 Å². The second kappa shape index (κ2) is 4.98. The monoisotopic (exact) mass is 319 g/mol. The van der Waals surface area contributed by atoms with E-state index < -0.39 is 0 Å². The minimum atomic E-state index is 0.365. The molecule has 1 aromatic rings. The number of nitrogens with two attached hydrogens (primary N) is 1. The Bertz CT molecular complexity index is 319. The van der Waals surface area contributed by atoms with E-state index in [-0.39, 0.29) is 0 Å². The molecule has 0 aliphatic carbocycles. The SMILES string of the molecule is Nc1cc(I)cc(NC2CCCOC2)n1. The topological polar surface area (TPSA) is 60.2 Å². The van der Waals surface area contributed by atoms with Crippen LogP contribution in [0.5, 0.6) is 0 Å². The molecule has 15 heavy (non-hydrogen) atoms. The van der Waals surface area contributed by atoms with Crippen molar-refractivity contribution in [3.05, 3.63) is 15.7 Å². The number of nitrogen functional groups attached to an aromatic ring is 1. The first-order valence-electron chi connectivity index (χ1n) is 5.01. The molecule has 0 spiro atoms. The van der Waals surface area contributed by atoms with E-state index in [0.717, 1.165) is 35.4 Å². The highest BCUT2D eigenvalue weighted by molar-refractivity contribution is 14.1. The van der Waals surface area contributed by atoms with E-state index in [0.29, 0.717) is 11.9 Å². The highest BCUT2D eigenvalue weighted by Gasteiger charge is 2.14. The lowest BCUT2D eigenvalue weighted by Crippen LogP contribution is -2.30. The third kappa shape index (κ3) is 3.20. The van der Waals surface area contributed by atoms with Crippen LogP contribution in [0.25, 0.3) is 0 Å². The second-order valence-electron chi connectivity index (χ2n) is 3.65. The number of pyridine rings is 1. The normalized spacial score (nSPS) is 21.3. The number of halogens is 1. The van der Waals surface area contributed by atoms with Crippen molar-refractivity contribution in [2.45, 2.75) is 18.9 Å². The Balaban J connectivity index is 2.02. The van der Waals surface area contributed by atoms with Gasteiger partial charge in [0, 0.05) is 10.2 Å². The fourth-order valence-electron chi connectivity index (χ4n) is 1.65. The van der Waals surface area contributed by atoms with E-state index >= 15 is 0 Å². The highest BCUT2D eigenvalue weighted by atomic mass is 127. The van der Waals surface area contributed by atoms with Crippen LogP contribution in [-0.2, 0) is 4.74 Å². The van der Waals surface area contributed by atoms with Gasteiger partial charge in [0.2, 0.25) is 0 Å². The summed E-state index contributed by atoms with van der Waals surface area (Å²) < 4.78 is 6.49. The van der Waals surface area contributed by atoms with E-state index in [1.54, 1.807) is 0 Å². The lowest BCUT2D eigenvalue weighted by molar-refractivity contribution is 0.0875. The van der Waals surface area contributed by atoms with Gasteiger partial charge < -0.3 is 15.8 Å². The van der Waals surface area contributed by atoms with Crippen molar-refractivity contribution in [1.82, 2.24) is 4.98 Å². The maximum atomic E-state index is 5.68. The number of hydrogen-bond acceptors (Lipinski definition) is 4. The summed E-state index contributed by atoms with van der Waals surface area (Å²) in [6.45, 7) is 1.63. The van der Waals surface area contributed by atoms with Crippen molar-refractivity contribution in [1.29, 1.82) is 0 Å². The first kappa shape index (κ1) is 10.9. The first-order valence-corrected chi connectivity index (χ1v) is 6.09. The average molecular weight is 319 g/mol. The second-order valence-corrected chi connectivity index (χ2v) is 4.90. The Morgan fingerprint density at radius 2 is 2.40 bits per heavy atom. The predicted molar refractivity (Wildman–Crippen MR) is 68.8 cm³/mol. The molecule has 4 nitrogen and oxygen atoms in total. The predicted octanol–water partition coefficient (Wildman–Crippen LogP) is 1.86. The lowest BCUT2D eigenvalue weighted by atomic mass is 10.1. The quantitative estimate of drug-likeness (QED) is 0.817. The maximum absolute atomic E-state index is 5.68. The van der Waals surface area contributed by atoms with Gasteiger partial charge in [-0.15, -0.1) is 0 Å². The molecule has 0 saturated carbocycles. The van der Waals surface area contributed by atoms with E-state index in [9.17, 15) is 0 Å². The third-order valence-corrected chi connectivity index (χ3v) is 2.95. The number of nitrogens with one attached hydrogen (secondary N) is 1. The van der Waals surface area contributed by atoms with Crippen molar-refractivity contribution in [2.75, 3.05) is 24.3 Å². The summed E-state index contributed by atoms with van der Waals surface area (Å²) in [5.74, 6) is 1.40. The number of nitrogens with zero attached hydrogens (tertiary/aromatic N) is 1. The number of aromatic nitrogens is 1. The van der Waals surface area contributed by atoms with Gasteiger partial charge in [-0.1, -0.05) is 0 Å². The fraction of sp³-hybridized carbons (Fsp3) is 0.500. The van der Waals surface area contributed by atoms with E-state index in [1.165, 1.54) is 0 Å². The highest BCUT2D eigenvalue weighted by Crippen LogP contribution is 2.17. The maximum Gasteiger partial charge on any atom is 0.129 e. The van der Waals surface area contributed by atoms with Crippen LogP contribution in [0.2, 0.25) is 0 Å². The molecule has 1 aliphatic heterocycles. The van der Waals surface area contributed by atoms with Crippen LogP contribution in [0.1, 0.15) is 12.8 Å². The van der Waals surface area contributed by atoms with Crippen molar-refractivity contribution in [3.63, 3.8) is 0 Å². The number of anilines is 2. The molecule has 0 amide bonds. The molecule has 0 bridgehead atoms. The largest absolute Gasteiger partial charge is 0.384 e. The van der Waals surface area contributed by atoms with Crippen LogP contribution < -0.4 is 11.1 Å². The Hall–Kier alpha value is -0.560. The molecule has 5 heteroatoms. The number of ether oxygens (including phenoxy) is 1. The van der Waals surface area contributed by atoms with Gasteiger partial charge in [-0.3, -0.25) is 0 Å². The molecule has 3 N–H and O–H groups in total. The molecule has 2 heterocycles. The minimum absolute atomic E-state index is 0.365. The van der Waals surface area contributed by atoms with Crippen LogP contribution in [0.3, 0.4) is 0 Å². The Morgan fingerprint density at radius 3 is 3.07 bits per heavy atom. The molecule has 82 valence electrons. The van der Waals surface area contributed by atoms with Gasteiger partial charge >= 0.3 is 0 Å².